The maximum Gasteiger partial charge on any atom is 0.326 e. The predicted molar refractivity (Wildman–Crippen MR) is 123 cm³/mol. The van der Waals surface area contributed by atoms with Crippen molar-refractivity contribution in [1.82, 2.24) is 10.6 Å². The number of carbonyl (C=O) groups is 3. The summed E-state index contributed by atoms with van der Waals surface area (Å²) in [6.07, 6.45) is 3.99. The van der Waals surface area contributed by atoms with E-state index in [1.807, 2.05) is 36.6 Å². The number of rotatable bonds is 9. The van der Waals surface area contributed by atoms with Crippen LogP contribution in [0.3, 0.4) is 0 Å². The van der Waals surface area contributed by atoms with Crippen LogP contribution in [0.25, 0.3) is 11.1 Å². The number of carbonyl (C=O) groups excluding carboxylic acids is 2. The SMILES string of the molecule is CSCCC(NC(=O)c1ccc(NC(=O)C2CCCN2)cc1-c1ccccc1)C(=O)O. The zero-order valence-corrected chi connectivity index (χ0v) is 18.2. The van der Waals surface area contributed by atoms with Crippen LogP contribution < -0.4 is 16.0 Å². The highest BCUT2D eigenvalue weighted by Crippen LogP contribution is 2.27. The van der Waals surface area contributed by atoms with Crippen LogP contribution in [0.2, 0.25) is 0 Å². The molecule has 7 nitrogen and oxygen atoms in total. The van der Waals surface area contributed by atoms with Crippen molar-refractivity contribution in [3.05, 3.63) is 54.1 Å². The number of anilines is 1. The van der Waals surface area contributed by atoms with Crippen LogP contribution in [0.1, 0.15) is 29.6 Å². The molecule has 0 bridgehead atoms. The third-order valence-electron chi connectivity index (χ3n) is 5.21. The minimum absolute atomic E-state index is 0.100. The first-order valence-corrected chi connectivity index (χ1v) is 11.7. The molecular weight excluding hydrogens is 414 g/mol. The fourth-order valence-corrected chi connectivity index (χ4v) is 4.01. The average molecular weight is 442 g/mol. The number of carboxylic acids is 1. The summed E-state index contributed by atoms with van der Waals surface area (Å²) in [6, 6.07) is 13.2. The largest absolute Gasteiger partial charge is 0.480 e. The summed E-state index contributed by atoms with van der Waals surface area (Å²) >= 11 is 1.53. The van der Waals surface area contributed by atoms with Crippen molar-refractivity contribution in [1.29, 1.82) is 0 Å². The second kappa shape index (κ2) is 11.0. The van der Waals surface area contributed by atoms with Gasteiger partial charge in [-0.1, -0.05) is 30.3 Å². The van der Waals surface area contributed by atoms with E-state index in [2.05, 4.69) is 16.0 Å². The normalized spacial score (nSPS) is 16.5. The number of carboxylic acid groups (broad SMARTS) is 1. The molecule has 4 N–H and O–H groups in total. The molecule has 2 aromatic rings. The molecule has 1 saturated heterocycles. The molecule has 1 aliphatic heterocycles. The van der Waals surface area contributed by atoms with Gasteiger partial charge in [-0.25, -0.2) is 4.79 Å². The third kappa shape index (κ3) is 6.08. The number of nitrogens with one attached hydrogen (secondary N) is 3. The Morgan fingerprint density at radius 1 is 1.19 bits per heavy atom. The van der Waals surface area contributed by atoms with E-state index in [1.54, 1.807) is 18.2 Å². The van der Waals surface area contributed by atoms with E-state index in [9.17, 15) is 19.5 Å². The first-order valence-electron chi connectivity index (χ1n) is 10.3. The Labute approximate surface area is 186 Å². The van der Waals surface area contributed by atoms with Crippen LogP contribution >= 0.6 is 11.8 Å². The summed E-state index contributed by atoms with van der Waals surface area (Å²) in [5, 5.41) is 18.2. The van der Waals surface area contributed by atoms with Gasteiger partial charge >= 0.3 is 5.97 Å². The van der Waals surface area contributed by atoms with E-state index in [-0.39, 0.29) is 11.9 Å². The van der Waals surface area contributed by atoms with Crippen molar-refractivity contribution in [2.24, 2.45) is 0 Å². The van der Waals surface area contributed by atoms with Gasteiger partial charge < -0.3 is 21.1 Å². The van der Waals surface area contributed by atoms with Gasteiger partial charge in [0.15, 0.2) is 0 Å². The van der Waals surface area contributed by atoms with Gasteiger partial charge in [0.2, 0.25) is 5.91 Å². The van der Waals surface area contributed by atoms with Crippen LogP contribution in [0.4, 0.5) is 5.69 Å². The van der Waals surface area contributed by atoms with Crippen molar-refractivity contribution in [2.45, 2.75) is 31.3 Å². The zero-order valence-electron chi connectivity index (χ0n) is 17.4. The highest BCUT2D eigenvalue weighted by Gasteiger charge is 2.24. The highest BCUT2D eigenvalue weighted by atomic mass is 32.2. The van der Waals surface area contributed by atoms with Gasteiger partial charge in [-0.05, 0) is 67.1 Å². The minimum Gasteiger partial charge on any atom is -0.480 e. The lowest BCUT2D eigenvalue weighted by atomic mass is 9.98. The van der Waals surface area contributed by atoms with Crippen molar-refractivity contribution >= 4 is 35.2 Å². The van der Waals surface area contributed by atoms with E-state index in [0.717, 1.165) is 24.9 Å². The smallest absolute Gasteiger partial charge is 0.326 e. The fraction of sp³-hybridized carbons (Fsp3) is 0.348. The number of hydrogen-bond donors (Lipinski definition) is 4. The molecule has 0 saturated carbocycles. The lowest BCUT2D eigenvalue weighted by Gasteiger charge is -2.17. The highest BCUT2D eigenvalue weighted by molar-refractivity contribution is 7.98. The molecule has 2 aromatic carbocycles. The van der Waals surface area contributed by atoms with E-state index in [0.29, 0.717) is 29.0 Å². The Kier molecular flexibility index (Phi) is 8.08. The number of hydrogen-bond acceptors (Lipinski definition) is 5. The monoisotopic (exact) mass is 441 g/mol. The van der Waals surface area contributed by atoms with Gasteiger partial charge in [-0.2, -0.15) is 11.8 Å². The zero-order chi connectivity index (χ0) is 22.2. The molecule has 8 heteroatoms. The van der Waals surface area contributed by atoms with Gasteiger partial charge in [-0.15, -0.1) is 0 Å². The Bertz CT molecular complexity index is 930. The summed E-state index contributed by atoms with van der Waals surface area (Å²) in [4.78, 5) is 37.0. The molecule has 164 valence electrons. The van der Waals surface area contributed by atoms with Crippen molar-refractivity contribution in [3.8, 4) is 11.1 Å². The lowest BCUT2D eigenvalue weighted by molar-refractivity contribution is -0.139. The summed E-state index contributed by atoms with van der Waals surface area (Å²) < 4.78 is 0. The Balaban J connectivity index is 1.87. The van der Waals surface area contributed by atoms with E-state index >= 15 is 0 Å². The third-order valence-corrected chi connectivity index (χ3v) is 5.85. The Morgan fingerprint density at radius 2 is 1.97 bits per heavy atom. The molecule has 1 fully saturated rings. The Morgan fingerprint density at radius 3 is 2.61 bits per heavy atom. The molecule has 3 rings (SSSR count). The van der Waals surface area contributed by atoms with E-state index < -0.39 is 17.9 Å². The number of aliphatic carboxylic acids is 1. The predicted octanol–water partition coefficient (Wildman–Crippen LogP) is 2.98. The molecule has 2 amide bonds. The number of amides is 2. The van der Waals surface area contributed by atoms with Crippen molar-refractivity contribution < 1.29 is 19.5 Å². The quantitative estimate of drug-likeness (QED) is 0.477. The van der Waals surface area contributed by atoms with Gasteiger partial charge in [0.05, 0.1) is 6.04 Å². The lowest BCUT2D eigenvalue weighted by Crippen LogP contribution is -2.41. The molecular formula is C23H27N3O4S. The molecule has 2 atom stereocenters. The summed E-state index contributed by atoms with van der Waals surface area (Å²) in [6.45, 7) is 0.827. The molecule has 0 aliphatic carbocycles. The van der Waals surface area contributed by atoms with Crippen LogP contribution in [0.5, 0.6) is 0 Å². The van der Waals surface area contributed by atoms with Crippen LogP contribution in [-0.4, -0.2) is 53.5 Å². The van der Waals surface area contributed by atoms with E-state index in [1.165, 1.54) is 11.8 Å². The van der Waals surface area contributed by atoms with Crippen LogP contribution in [0, 0.1) is 0 Å². The second-order valence-electron chi connectivity index (χ2n) is 7.41. The maximum atomic E-state index is 13.0. The minimum atomic E-state index is -1.06. The van der Waals surface area contributed by atoms with Crippen LogP contribution in [0.15, 0.2) is 48.5 Å². The van der Waals surface area contributed by atoms with Gasteiger partial charge in [0, 0.05) is 11.3 Å². The average Bonchev–Trinajstić information content (AvgIpc) is 3.32. The summed E-state index contributed by atoms with van der Waals surface area (Å²) in [5.41, 5.74) is 2.38. The number of thioether (sulfide) groups is 1. The van der Waals surface area contributed by atoms with Crippen molar-refractivity contribution in [3.63, 3.8) is 0 Å². The fourth-order valence-electron chi connectivity index (χ4n) is 3.54. The topological polar surface area (TPSA) is 108 Å². The molecule has 1 heterocycles. The summed E-state index contributed by atoms with van der Waals surface area (Å²) in [7, 11) is 0. The first-order chi connectivity index (χ1) is 15.0. The molecule has 1 aliphatic rings. The molecule has 2 unspecified atom stereocenters. The molecule has 0 spiro atoms. The molecule has 0 aromatic heterocycles. The standard InChI is InChI=1S/C23H27N3O4S/c1-31-13-11-20(23(29)30)26-21(27)17-10-9-16(25-22(28)19-8-5-12-24-19)14-18(17)15-6-3-2-4-7-15/h2-4,6-7,9-10,14,19-20,24H,5,8,11-13H2,1H3,(H,25,28)(H,26,27)(H,29,30). The van der Waals surface area contributed by atoms with E-state index in [4.69, 9.17) is 0 Å². The second-order valence-corrected chi connectivity index (χ2v) is 8.40. The first kappa shape index (κ1) is 22.8. The van der Waals surface area contributed by atoms with Gasteiger partial charge in [0.25, 0.3) is 5.91 Å². The van der Waals surface area contributed by atoms with Gasteiger partial charge in [0.1, 0.15) is 6.04 Å². The Hall–Kier alpha value is -2.84. The molecule has 31 heavy (non-hydrogen) atoms. The van der Waals surface area contributed by atoms with Crippen LogP contribution in [-0.2, 0) is 9.59 Å². The molecule has 0 radical (unpaired) electrons. The maximum absolute atomic E-state index is 13.0. The van der Waals surface area contributed by atoms with Crippen molar-refractivity contribution in [2.75, 3.05) is 23.9 Å². The number of benzene rings is 2. The summed E-state index contributed by atoms with van der Waals surface area (Å²) in [5.74, 6) is -0.987. The van der Waals surface area contributed by atoms with Gasteiger partial charge in [-0.3, -0.25) is 9.59 Å².